The summed E-state index contributed by atoms with van der Waals surface area (Å²) in [5.74, 6) is -0.274. The van der Waals surface area contributed by atoms with Crippen LogP contribution in [0.5, 0.6) is 5.75 Å². The quantitative estimate of drug-likeness (QED) is 0.714. The highest BCUT2D eigenvalue weighted by atomic mass is 19.1. The van der Waals surface area contributed by atoms with E-state index in [1.807, 2.05) is 0 Å². The molecule has 0 saturated heterocycles. The van der Waals surface area contributed by atoms with Gasteiger partial charge in [-0.05, 0) is 34.6 Å². The van der Waals surface area contributed by atoms with E-state index in [2.05, 4.69) is 20.3 Å². The maximum atomic E-state index is 13.6. The molecule has 0 aliphatic carbocycles. The summed E-state index contributed by atoms with van der Waals surface area (Å²) >= 11 is 0. The van der Waals surface area contributed by atoms with Crippen molar-refractivity contribution >= 4 is 28.1 Å². The average Bonchev–Trinajstić information content (AvgIpc) is 2.93. The molecule has 0 unspecified atom stereocenters. The number of ether oxygens (including phenoxy) is 1. The largest absolute Gasteiger partial charge is 0.494 e. The maximum Gasteiger partial charge on any atom is 0.167 e. The Kier molecular flexibility index (Phi) is 2.86. The maximum absolute atomic E-state index is 13.6. The first-order valence-electron chi connectivity index (χ1n) is 5.80. The van der Waals surface area contributed by atoms with Crippen molar-refractivity contribution in [1.82, 2.24) is 10.3 Å². The van der Waals surface area contributed by atoms with Gasteiger partial charge >= 0.3 is 0 Å². The number of hydrogen-bond donors (Lipinski definition) is 2. The molecule has 1 heterocycles. The van der Waals surface area contributed by atoms with Gasteiger partial charge in [0.25, 0.3) is 0 Å². The fraction of sp³-hybridized carbons (Fsp3) is 0.0769. The molecule has 20 heavy (non-hydrogen) atoms. The number of fused-ring (bicyclic) bond motifs is 1. The normalized spacial score (nSPS) is 10.7. The Morgan fingerprint density at radius 1 is 1.20 bits per heavy atom. The molecule has 102 valence electrons. The van der Waals surface area contributed by atoms with Crippen LogP contribution < -0.4 is 15.8 Å². The number of aromatic nitrogens is 2. The van der Waals surface area contributed by atoms with Crippen molar-refractivity contribution in [2.45, 2.75) is 0 Å². The van der Waals surface area contributed by atoms with Gasteiger partial charge < -0.3 is 15.8 Å². The molecule has 6 nitrogen and oxygen atoms in total. The summed E-state index contributed by atoms with van der Waals surface area (Å²) in [6, 6.07) is 7.96. The van der Waals surface area contributed by atoms with Gasteiger partial charge in [-0.1, -0.05) is 0 Å². The van der Waals surface area contributed by atoms with Crippen molar-refractivity contribution in [3.63, 3.8) is 0 Å². The molecule has 2 aromatic carbocycles. The number of nitrogen functional groups attached to an aromatic ring is 1. The van der Waals surface area contributed by atoms with Crippen LogP contribution in [0.2, 0.25) is 0 Å². The molecule has 0 radical (unpaired) electrons. The SMILES string of the molecule is COc1ccc(Nc2ccc(N)c3nonc23)cc1F. The van der Waals surface area contributed by atoms with Crippen LogP contribution in [-0.4, -0.2) is 17.4 Å². The van der Waals surface area contributed by atoms with E-state index in [0.717, 1.165) is 0 Å². The Labute approximate surface area is 113 Å². The molecule has 0 atom stereocenters. The second-order valence-electron chi connectivity index (χ2n) is 4.14. The molecule has 0 amide bonds. The zero-order valence-electron chi connectivity index (χ0n) is 10.6. The molecule has 0 spiro atoms. The third-order valence-electron chi connectivity index (χ3n) is 2.88. The highest BCUT2D eigenvalue weighted by Gasteiger charge is 2.11. The van der Waals surface area contributed by atoms with E-state index < -0.39 is 5.82 Å². The number of nitrogens with two attached hydrogens (primary N) is 1. The average molecular weight is 274 g/mol. The van der Waals surface area contributed by atoms with Gasteiger partial charge in [-0.3, -0.25) is 0 Å². The lowest BCUT2D eigenvalue weighted by molar-refractivity contribution is 0.316. The lowest BCUT2D eigenvalue weighted by Crippen LogP contribution is -1.95. The molecule has 0 saturated carbocycles. The summed E-state index contributed by atoms with van der Waals surface area (Å²) in [6.07, 6.45) is 0. The van der Waals surface area contributed by atoms with Gasteiger partial charge in [0.1, 0.15) is 0 Å². The molecule has 0 aliphatic heterocycles. The third kappa shape index (κ3) is 1.99. The minimum absolute atomic E-state index is 0.182. The van der Waals surface area contributed by atoms with E-state index in [9.17, 15) is 4.39 Å². The zero-order valence-corrected chi connectivity index (χ0v) is 10.6. The predicted octanol–water partition coefficient (Wildman–Crippen LogP) is 2.70. The van der Waals surface area contributed by atoms with Crippen LogP contribution in [0.25, 0.3) is 11.0 Å². The summed E-state index contributed by atoms with van der Waals surface area (Å²) < 4.78 is 23.2. The number of nitrogens with one attached hydrogen (secondary N) is 1. The number of halogens is 1. The number of nitrogens with zero attached hydrogens (tertiary/aromatic N) is 2. The van der Waals surface area contributed by atoms with Gasteiger partial charge in [-0.2, -0.15) is 0 Å². The Bertz CT molecular complexity index is 772. The number of methoxy groups -OCH3 is 1. The lowest BCUT2D eigenvalue weighted by Gasteiger charge is -2.08. The molecular formula is C13H11FN4O2. The Morgan fingerprint density at radius 3 is 2.75 bits per heavy atom. The minimum atomic E-state index is -0.456. The van der Waals surface area contributed by atoms with Crippen molar-refractivity contribution in [1.29, 1.82) is 0 Å². The van der Waals surface area contributed by atoms with Crippen molar-refractivity contribution < 1.29 is 13.8 Å². The molecule has 3 aromatic rings. The molecule has 0 bridgehead atoms. The summed E-state index contributed by atoms with van der Waals surface area (Å²) in [4.78, 5) is 0. The van der Waals surface area contributed by atoms with Gasteiger partial charge in [0.2, 0.25) is 0 Å². The Balaban J connectivity index is 1.99. The number of anilines is 3. The van der Waals surface area contributed by atoms with E-state index in [1.54, 1.807) is 18.2 Å². The summed E-state index contributed by atoms with van der Waals surface area (Å²) in [5, 5.41) is 10.5. The second kappa shape index (κ2) is 4.69. The third-order valence-corrected chi connectivity index (χ3v) is 2.88. The highest BCUT2D eigenvalue weighted by Crippen LogP contribution is 2.29. The second-order valence-corrected chi connectivity index (χ2v) is 4.14. The molecule has 3 rings (SSSR count). The van der Waals surface area contributed by atoms with Crippen molar-refractivity contribution in [3.8, 4) is 5.75 Å². The van der Waals surface area contributed by atoms with Crippen LogP contribution >= 0.6 is 0 Å². The van der Waals surface area contributed by atoms with Crippen molar-refractivity contribution in [2.75, 3.05) is 18.2 Å². The molecule has 7 heteroatoms. The lowest BCUT2D eigenvalue weighted by atomic mass is 10.2. The Morgan fingerprint density at radius 2 is 2.00 bits per heavy atom. The predicted molar refractivity (Wildman–Crippen MR) is 72.5 cm³/mol. The van der Waals surface area contributed by atoms with Crippen molar-refractivity contribution in [3.05, 3.63) is 36.1 Å². The summed E-state index contributed by atoms with van der Waals surface area (Å²) in [7, 11) is 1.41. The van der Waals surface area contributed by atoms with Gasteiger partial charge in [-0.15, -0.1) is 0 Å². The van der Waals surface area contributed by atoms with Crippen molar-refractivity contribution in [2.24, 2.45) is 0 Å². The van der Waals surface area contributed by atoms with Crippen LogP contribution in [0.1, 0.15) is 0 Å². The van der Waals surface area contributed by atoms with E-state index in [4.69, 9.17) is 10.5 Å². The fourth-order valence-corrected chi connectivity index (χ4v) is 1.89. The molecule has 0 fully saturated rings. The zero-order chi connectivity index (χ0) is 14.1. The fourth-order valence-electron chi connectivity index (χ4n) is 1.89. The first-order chi connectivity index (χ1) is 9.69. The van der Waals surface area contributed by atoms with Crippen LogP contribution in [0.15, 0.2) is 35.0 Å². The monoisotopic (exact) mass is 274 g/mol. The number of rotatable bonds is 3. The molecule has 1 aromatic heterocycles. The van der Waals surface area contributed by atoms with Gasteiger partial charge in [0.05, 0.1) is 18.5 Å². The van der Waals surface area contributed by atoms with Gasteiger partial charge in [-0.25, -0.2) is 9.02 Å². The van der Waals surface area contributed by atoms with Crippen LogP contribution in [0.3, 0.4) is 0 Å². The molecule has 3 N–H and O–H groups in total. The first kappa shape index (κ1) is 12.2. The standard InChI is InChI=1S/C13H11FN4O2/c1-19-11-5-2-7(6-8(11)14)16-10-4-3-9(15)12-13(10)18-20-17-12/h2-6,16H,15H2,1H3. The minimum Gasteiger partial charge on any atom is -0.494 e. The first-order valence-corrected chi connectivity index (χ1v) is 5.80. The smallest absolute Gasteiger partial charge is 0.167 e. The van der Waals surface area contributed by atoms with E-state index in [0.29, 0.717) is 28.1 Å². The van der Waals surface area contributed by atoms with E-state index in [1.165, 1.54) is 19.2 Å². The van der Waals surface area contributed by atoms with Crippen LogP contribution in [-0.2, 0) is 0 Å². The van der Waals surface area contributed by atoms with Gasteiger partial charge in [0.15, 0.2) is 22.6 Å². The summed E-state index contributed by atoms with van der Waals surface area (Å²) in [5.41, 5.74) is 8.35. The van der Waals surface area contributed by atoms with Crippen LogP contribution in [0.4, 0.5) is 21.5 Å². The number of hydrogen-bond acceptors (Lipinski definition) is 6. The van der Waals surface area contributed by atoms with Crippen LogP contribution in [0, 0.1) is 5.82 Å². The number of benzene rings is 2. The van der Waals surface area contributed by atoms with E-state index in [-0.39, 0.29) is 5.75 Å². The van der Waals surface area contributed by atoms with E-state index >= 15 is 0 Å². The summed E-state index contributed by atoms with van der Waals surface area (Å²) in [6.45, 7) is 0. The Hall–Kier alpha value is -2.83. The molecule has 0 aliphatic rings. The highest BCUT2D eigenvalue weighted by molar-refractivity contribution is 5.96. The molecular weight excluding hydrogens is 263 g/mol. The topological polar surface area (TPSA) is 86.2 Å². The van der Waals surface area contributed by atoms with Gasteiger partial charge in [0, 0.05) is 11.8 Å².